The highest BCUT2D eigenvalue weighted by molar-refractivity contribution is 5.86. The van der Waals surface area contributed by atoms with Crippen molar-refractivity contribution in [3.63, 3.8) is 0 Å². The van der Waals surface area contributed by atoms with Crippen LogP contribution in [-0.4, -0.2) is 92.7 Å². The molecule has 1 amide bonds. The van der Waals surface area contributed by atoms with E-state index in [1.807, 2.05) is 0 Å². The van der Waals surface area contributed by atoms with E-state index < -0.39 is 18.6 Å². The van der Waals surface area contributed by atoms with Gasteiger partial charge in [-0.05, 0) is 25.4 Å². The number of hydrogen-bond acceptors (Lipinski definition) is 3. The first-order valence-corrected chi connectivity index (χ1v) is 8.68. The number of nitrogens with one attached hydrogen (secondary N) is 1. The van der Waals surface area contributed by atoms with E-state index >= 15 is 0 Å². The number of hydrogen-bond donors (Lipinski definition) is 1. The standard InChI is InChI=1S/C16H30F3N5O/c1-5-23(6-2)10-13-7-8-24(11-13)15(20-3)21-9-14(25)22(4)12-16(17,18)19/h13H,5-12H2,1-4H3,(H,20,21). The molecule has 0 aliphatic carbocycles. The average molecular weight is 365 g/mol. The van der Waals surface area contributed by atoms with E-state index in [1.54, 1.807) is 7.05 Å². The lowest BCUT2D eigenvalue weighted by Gasteiger charge is -2.25. The number of carbonyl (C=O) groups is 1. The Hall–Kier alpha value is -1.51. The van der Waals surface area contributed by atoms with Gasteiger partial charge in [0.25, 0.3) is 0 Å². The lowest BCUT2D eigenvalue weighted by atomic mass is 10.1. The molecule has 0 aromatic heterocycles. The van der Waals surface area contributed by atoms with Gasteiger partial charge in [0.05, 0.1) is 6.54 Å². The second-order valence-corrected chi connectivity index (χ2v) is 6.35. The molecule has 146 valence electrons. The molecule has 0 radical (unpaired) electrons. The zero-order valence-electron chi connectivity index (χ0n) is 15.6. The van der Waals surface area contributed by atoms with Gasteiger partial charge in [0, 0.05) is 33.7 Å². The van der Waals surface area contributed by atoms with Crippen molar-refractivity contribution in [3.05, 3.63) is 0 Å². The summed E-state index contributed by atoms with van der Waals surface area (Å²) >= 11 is 0. The lowest BCUT2D eigenvalue weighted by Crippen LogP contribution is -2.46. The fourth-order valence-corrected chi connectivity index (χ4v) is 3.00. The van der Waals surface area contributed by atoms with E-state index in [4.69, 9.17) is 0 Å². The van der Waals surface area contributed by atoms with Gasteiger partial charge in [-0.15, -0.1) is 0 Å². The quantitative estimate of drug-likeness (QED) is 0.545. The molecule has 1 aliphatic rings. The second kappa shape index (κ2) is 9.84. The summed E-state index contributed by atoms with van der Waals surface area (Å²) < 4.78 is 37.0. The maximum Gasteiger partial charge on any atom is 0.406 e. The highest BCUT2D eigenvalue weighted by atomic mass is 19.4. The number of amides is 1. The van der Waals surface area contributed by atoms with E-state index in [-0.39, 0.29) is 6.54 Å². The minimum Gasteiger partial charge on any atom is -0.347 e. The van der Waals surface area contributed by atoms with Gasteiger partial charge in [-0.25, -0.2) is 0 Å². The van der Waals surface area contributed by atoms with Gasteiger partial charge < -0.3 is 20.0 Å². The van der Waals surface area contributed by atoms with Crippen LogP contribution in [0, 0.1) is 5.92 Å². The monoisotopic (exact) mass is 365 g/mol. The zero-order valence-corrected chi connectivity index (χ0v) is 15.6. The average Bonchev–Trinajstić information content (AvgIpc) is 2.99. The Morgan fingerprint density at radius 2 is 1.96 bits per heavy atom. The summed E-state index contributed by atoms with van der Waals surface area (Å²) in [6, 6.07) is 0. The largest absolute Gasteiger partial charge is 0.406 e. The first-order valence-electron chi connectivity index (χ1n) is 8.68. The number of alkyl halides is 3. The molecule has 1 unspecified atom stereocenters. The molecular weight excluding hydrogens is 335 g/mol. The Balaban J connectivity index is 2.46. The van der Waals surface area contributed by atoms with Gasteiger partial charge >= 0.3 is 6.18 Å². The van der Waals surface area contributed by atoms with Crippen molar-refractivity contribution in [3.8, 4) is 0 Å². The van der Waals surface area contributed by atoms with E-state index in [0.29, 0.717) is 16.8 Å². The van der Waals surface area contributed by atoms with Crippen molar-refractivity contribution in [1.82, 2.24) is 20.0 Å². The molecular formula is C16H30F3N5O. The fourth-order valence-electron chi connectivity index (χ4n) is 3.00. The Bertz CT molecular complexity index is 452. The van der Waals surface area contributed by atoms with Crippen LogP contribution in [0.4, 0.5) is 13.2 Å². The number of halogens is 3. The summed E-state index contributed by atoms with van der Waals surface area (Å²) in [4.78, 5) is 21.1. The number of likely N-dealkylation sites (tertiary alicyclic amines) is 1. The Kier molecular flexibility index (Phi) is 8.47. The third-order valence-electron chi connectivity index (χ3n) is 4.45. The number of aliphatic imine (C=N–C) groups is 1. The van der Waals surface area contributed by atoms with E-state index in [0.717, 1.165) is 46.2 Å². The summed E-state index contributed by atoms with van der Waals surface area (Å²) in [7, 11) is 2.76. The molecule has 9 heteroatoms. The molecule has 6 nitrogen and oxygen atoms in total. The van der Waals surface area contributed by atoms with Crippen molar-refractivity contribution < 1.29 is 18.0 Å². The van der Waals surface area contributed by atoms with Crippen LogP contribution in [0.3, 0.4) is 0 Å². The van der Waals surface area contributed by atoms with Gasteiger partial charge in [-0.1, -0.05) is 13.8 Å². The topological polar surface area (TPSA) is 51.2 Å². The third kappa shape index (κ3) is 7.50. The van der Waals surface area contributed by atoms with Gasteiger partial charge in [0.15, 0.2) is 5.96 Å². The van der Waals surface area contributed by atoms with Crippen molar-refractivity contribution in [1.29, 1.82) is 0 Å². The van der Waals surface area contributed by atoms with Gasteiger partial charge in [-0.2, -0.15) is 13.2 Å². The van der Waals surface area contributed by atoms with Gasteiger partial charge in [0.1, 0.15) is 6.54 Å². The van der Waals surface area contributed by atoms with Crippen LogP contribution >= 0.6 is 0 Å². The second-order valence-electron chi connectivity index (χ2n) is 6.35. The predicted octanol–water partition coefficient (Wildman–Crippen LogP) is 1.25. The number of carbonyl (C=O) groups excluding carboxylic acids is 1. The van der Waals surface area contributed by atoms with E-state index in [1.165, 1.54) is 0 Å². The molecule has 25 heavy (non-hydrogen) atoms. The normalized spacial score (nSPS) is 18.8. The first kappa shape index (κ1) is 21.5. The number of nitrogens with zero attached hydrogens (tertiary/aromatic N) is 4. The molecule has 0 aromatic carbocycles. The smallest absolute Gasteiger partial charge is 0.347 e. The predicted molar refractivity (Wildman–Crippen MR) is 92.5 cm³/mol. The van der Waals surface area contributed by atoms with E-state index in [2.05, 4.69) is 34.0 Å². The van der Waals surface area contributed by atoms with Crippen LogP contribution in [0.1, 0.15) is 20.3 Å². The first-order chi connectivity index (χ1) is 11.7. The molecule has 1 atom stereocenters. The molecule has 1 rings (SSSR count). The molecule has 1 N–H and O–H groups in total. The van der Waals surface area contributed by atoms with Crippen molar-refractivity contribution in [2.45, 2.75) is 26.4 Å². The summed E-state index contributed by atoms with van der Waals surface area (Å²) in [6.07, 6.45) is -3.35. The van der Waals surface area contributed by atoms with E-state index in [9.17, 15) is 18.0 Å². The highest BCUT2D eigenvalue weighted by Crippen LogP contribution is 2.18. The molecule has 0 saturated carbocycles. The van der Waals surface area contributed by atoms with Crippen molar-refractivity contribution >= 4 is 11.9 Å². The molecule has 0 spiro atoms. The van der Waals surface area contributed by atoms with Gasteiger partial charge in [0.2, 0.25) is 5.91 Å². The van der Waals surface area contributed by atoms with Crippen LogP contribution < -0.4 is 5.32 Å². The Labute approximate surface area is 148 Å². The molecule has 0 bridgehead atoms. The summed E-state index contributed by atoms with van der Waals surface area (Å²) in [5.41, 5.74) is 0. The maximum atomic E-state index is 12.3. The molecule has 1 heterocycles. The van der Waals surface area contributed by atoms with Crippen LogP contribution in [0.2, 0.25) is 0 Å². The molecule has 1 aliphatic heterocycles. The number of likely N-dealkylation sites (N-methyl/N-ethyl adjacent to an activating group) is 1. The summed E-state index contributed by atoms with van der Waals surface area (Å²) in [6.45, 7) is 7.55. The maximum absolute atomic E-state index is 12.3. The van der Waals surface area contributed by atoms with Gasteiger partial charge in [-0.3, -0.25) is 9.79 Å². The molecule has 1 saturated heterocycles. The summed E-state index contributed by atoms with van der Waals surface area (Å²) in [5.74, 6) is 0.482. The lowest BCUT2D eigenvalue weighted by molar-refractivity contribution is -0.157. The minimum absolute atomic E-state index is 0.198. The summed E-state index contributed by atoms with van der Waals surface area (Å²) in [5, 5.41) is 2.88. The number of rotatable bonds is 7. The van der Waals surface area contributed by atoms with Crippen molar-refractivity contribution in [2.75, 3.05) is 59.9 Å². The highest BCUT2D eigenvalue weighted by Gasteiger charge is 2.31. The van der Waals surface area contributed by atoms with Crippen molar-refractivity contribution in [2.24, 2.45) is 10.9 Å². The fraction of sp³-hybridized carbons (Fsp3) is 0.875. The molecule has 1 fully saturated rings. The zero-order chi connectivity index (χ0) is 19.0. The van der Waals surface area contributed by atoms with Crippen LogP contribution in [0.5, 0.6) is 0 Å². The van der Waals surface area contributed by atoms with Crippen LogP contribution in [0.25, 0.3) is 0 Å². The van der Waals surface area contributed by atoms with Crippen LogP contribution in [0.15, 0.2) is 4.99 Å². The SMILES string of the molecule is CCN(CC)CC1CCN(C(=NC)NCC(=O)N(C)CC(F)(F)F)C1. The minimum atomic E-state index is -4.39. The number of guanidine groups is 1. The Morgan fingerprint density at radius 1 is 1.32 bits per heavy atom. The molecule has 0 aromatic rings. The Morgan fingerprint density at radius 3 is 2.48 bits per heavy atom. The van der Waals surface area contributed by atoms with Crippen LogP contribution in [-0.2, 0) is 4.79 Å². The third-order valence-corrected chi connectivity index (χ3v) is 4.45.